The molecule has 0 saturated carbocycles. The average molecular weight is 312 g/mol. The number of nitrogen functional groups attached to an aromatic ring is 2. The van der Waals surface area contributed by atoms with Gasteiger partial charge in [-0.3, -0.25) is 0 Å². The second kappa shape index (κ2) is 5.66. The highest BCUT2D eigenvalue weighted by molar-refractivity contribution is 5.87. The number of nitrogens with two attached hydrogens (primary N) is 2. The van der Waals surface area contributed by atoms with Crippen LogP contribution in [0.5, 0.6) is 0 Å². The van der Waals surface area contributed by atoms with E-state index in [1.807, 2.05) is 72.8 Å². The first-order chi connectivity index (χ1) is 11.7. The summed E-state index contributed by atoms with van der Waals surface area (Å²) in [6.07, 6.45) is 0. The highest BCUT2D eigenvalue weighted by atomic mass is 14.8. The van der Waals surface area contributed by atoms with Crippen LogP contribution in [-0.2, 0) is 0 Å². The molecule has 4 rings (SSSR count). The zero-order valence-corrected chi connectivity index (χ0v) is 13.0. The summed E-state index contributed by atoms with van der Waals surface area (Å²) in [7, 11) is 0. The van der Waals surface area contributed by atoms with Gasteiger partial charge in [-0.15, -0.1) is 0 Å². The van der Waals surface area contributed by atoms with Gasteiger partial charge in [-0.1, -0.05) is 42.5 Å². The molecule has 4 aromatic rings. The van der Waals surface area contributed by atoms with E-state index in [0.717, 1.165) is 39.2 Å². The Bertz CT molecular complexity index is 1010. The van der Waals surface area contributed by atoms with E-state index < -0.39 is 0 Å². The summed E-state index contributed by atoms with van der Waals surface area (Å²) in [5, 5.41) is 0. The number of hydrogen-bond acceptors (Lipinski definition) is 4. The Morgan fingerprint density at radius 1 is 0.542 bits per heavy atom. The van der Waals surface area contributed by atoms with Crippen molar-refractivity contribution in [1.82, 2.24) is 9.97 Å². The lowest BCUT2D eigenvalue weighted by atomic mass is 10.0. The number of benzene rings is 3. The van der Waals surface area contributed by atoms with Crippen molar-refractivity contribution in [2.75, 3.05) is 11.5 Å². The third-order valence-corrected chi connectivity index (χ3v) is 3.92. The molecule has 1 aromatic heterocycles. The Hall–Kier alpha value is -3.40. The van der Waals surface area contributed by atoms with Gasteiger partial charge in [0.1, 0.15) is 0 Å². The standard InChI is InChI=1S/C20H16N4/c21-15-8-6-14(7-9-15)20-19(13-4-2-1-3-5-13)24-18-12-16(22)10-11-17(18)23-20/h1-12H,21-22H2. The van der Waals surface area contributed by atoms with Crippen LogP contribution in [0.1, 0.15) is 0 Å². The Balaban J connectivity index is 2.02. The number of aromatic nitrogens is 2. The molecule has 0 aliphatic rings. The van der Waals surface area contributed by atoms with E-state index in [4.69, 9.17) is 21.4 Å². The molecule has 0 unspecified atom stereocenters. The molecule has 4 heteroatoms. The minimum atomic E-state index is 0.677. The van der Waals surface area contributed by atoms with Gasteiger partial charge in [0, 0.05) is 22.5 Å². The summed E-state index contributed by atoms with van der Waals surface area (Å²) < 4.78 is 0. The van der Waals surface area contributed by atoms with Gasteiger partial charge in [-0.2, -0.15) is 0 Å². The van der Waals surface area contributed by atoms with Crippen molar-refractivity contribution in [1.29, 1.82) is 0 Å². The van der Waals surface area contributed by atoms with Crippen LogP contribution in [0.15, 0.2) is 72.8 Å². The molecule has 0 atom stereocenters. The second-order valence-electron chi connectivity index (χ2n) is 5.66. The van der Waals surface area contributed by atoms with Gasteiger partial charge in [0.25, 0.3) is 0 Å². The number of rotatable bonds is 2. The summed E-state index contributed by atoms with van der Waals surface area (Å²) in [5.74, 6) is 0. The summed E-state index contributed by atoms with van der Waals surface area (Å²) in [6.45, 7) is 0. The lowest BCUT2D eigenvalue weighted by molar-refractivity contribution is 1.29. The topological polar surface area (TPSA) is 77.8 Å². The van der Waals surface area contributed by atoms with Gasteiger partial charge in [0.05, 0.1) is 22.4 Å². The van der Waals surface area contributed by atoms with Gasteiger partial charge >= 0.3 is 0 Å². The fourth-order valence-electron chi connectivity index (χ4n) is 2.71. The van der Waals surface area contributed by atoms with E-state index in [1.165, 1.54) is 0 Å². The van der Waals surface area contributed by atoms with Gasteiger partial charge in [-0.05, 0) is 30.3 Å². The largest absolute Gasteiger partial charge is 0.399 e. The highest BCUT2D eigenvalue weighted by Crippen LogP contribution is 2.31. The zero-order valence-electron chi connectivity index (χ0n) is 13.0. The SMILES string of the molecule is Nc1ccc(-c2nc3ccc(N)cc3nc2-c2ccccc2)cc1. The first-order valence-electron chi connectivity index (χ1n) is 7.69. The first-order valence-corrected chi connectivity index (χ1v) is 7.69. The molecule has 4 N–H and O–H groups in total. The molecule has 0 spiro atoms. The predicted molar refractivity (Wildman–Crippen MR) is 99.2 cm³/mol. The molecule has 116 valence electrons. The van der Waals surface area contributed by atoms with Gasteiger partial charge < -0.3 is 11.5 Å². The number of nitrogens with zero attached hydrogens (tertiary/aromatic N) is 2. The third kappa shape index (κ3) is 2.54. The normalized spacial score (nSPS) is 10.8. The predicted octanol–water partition coefficient (Wildman–Crippen LogP) is 4.13. The summed E-state index contributed by atoms with van der Waals surface area (Å²) in [6, 6.07) is 23.3. The van der Waals surface area contributed by atoms with E-state index in [0.29, 0.717) is 5.69 Å². The van der Waals surface area contributed by atoms with Gasteiger partial charge in [0.15, 0.2) is 0 Å². The lowest BCUT2D eigenvalue weighted by Crippen LogP contribution is -1.96. The molecule has 3 aromatic carbocycles. The molecular formula is C20H16N4. The molecule has 0 fully saturated rings. The fraction of sp³-hybridized carbons (Fsp3) is 0. The summed E-state index contributed by atoms with van der Waals surface area (Å²) >= 11 is 0. The molecule has 0 radical (unpaired) electrons. The van der Waals surface area contributed by atoms with E-state index in [9.17, 15) is 0 Å². The third-order valence-electron chi connectivity index (χ3n) is 3.92. The average Bonchev–Trinajstić information content (AvgIpc) is 2.62. The van der Waals surface area contributed by atoms with Gasteiger partial charge in [-0.25, -0.2) is 9.97 Å². The Kier molecular flexibility index (Phi) is 3.35. The summed E-state index contributed by atoms with van der Waals surface area (Å²) in [4.78, 5) is 9.67. The minimum Gasteiger partial charge on any atom is -0.399 e. The van der Waals surface area contributed by atoms with Crippen LogP contribution >= 0.6 is 0 Å². The molecule has 0 aliphatic heterocycles. The highest BCUT2D eigenvalue weighted by Gasteiger charge is 2.13. The number of fused-ring (bicyclic) bond motifs is 1. The van der Waals surface area contributed by atoms with Crippen LogP contribution in [0.25, 0.3) is 33.5 Å². The Labute approximate surface area is 139 Å². The van der Waals surface area contributed by atoms with Crippen molar-refractivity contribution in [2.45, 2.75) is 0 Å². The van der Waals surface area contributed by atoms with E-state index in [-0.39, 0.29) is 0 Å². The van der Waals surface area contributed by atoms with Crippen LogP contribution in [0.2, 0.25) is 0 Å². The van der Waals surface area contributed by atoms with E-state index in [1.54, 1.807) is 0 Å². The van der Waals surface area contributed by atoms with Crippen molar-refractivity contribution < 1.29 is 0 Å². The number of anilines is 2. The first kappa shape index (κ1) is 14.2. The van der Waals surface area contributed by atoms with Crippen LogP contribution in [-0.4, -0.2) is 9.97 Å². The Morgan fingerprint density at radius 2 is 1.12 bits per heavy atom. The van der Waals surface area contributed by atoms with Crippen molar-refractivity contribution >= 4 is 22.4 Å². The molecule has 4 nitrogen and oxygen atoms in total. The van der Waals surface area contributed by atoms with Crippen molar-refractivity contribution in [3.05, 3.63) is 72.8 Å². The summed E-state index contributed by atoms with van der Waals surface area (Å²) in [5.41, 5.74) is 18.4. The maximum Gasteiger partial charge on any atom is 0.0973 e. The van der Waals surface area contributed by atoms with Crippen LogP contribution < -0.4 is 11.5 Å². The van der Waals surface area contributed by atoms with Crippen molar-refractivity contribution in [2.24, 2.45) is 0 Å². The van der Waals surface area contributed by atoms with Crippen molar-refractivity contribution in [3.63, 3.8) is 0 Å². The van der Waals surface area contributed by atoms with Crippen LogP contribution in [0.4, 0.5) is 11.4 Å². The Morgan fingerprint density at radius 3 is 1.83 bits per heavy atom. The van der Waals surface area contributed by atoms with Crippen molar-refractivity contribution in [3.8, 4) is 22.5 Å². The van der Waals surface area contributed by atoms with E-state index >= 15 is 0 Å². The maximum atomic E-state index is 5.90. The van der Waals surface area contributed by atoms with Crippen LogP contribution in [0.3, 0.4) is 0 Å². The fourth-order valence-corrected chi connectivity index (χ4v) is 2.71. The quantitative estimate of drug-likeness (QED) is 0.546. The molecule has 0 bridgehead atoms. The van der Waals surface area contributed by atoms with Crippen LogP contribution in [0, 0.1) is 0 Å². The molecular weight excluding hydrogens is 296 g/mol. The minimum absolute atomic E-state index is 0.677. The van der Waals surface area contributed by atoms with E-state index in [2.05, 4.69) is 0 Å². The zero-order chi connectivity index (χ0) is 16.5. The molecule has 0 amide bonds. The number of hydrogen-bond donors (Lipinski definition) is 2. The smallest absolute Gasteiger partial charge is 0.0973 e. The maximum absolute atomic E-state index is 5.90. The van der Waals surface area contributed by atoms with Gasteiger partial charge in [0.2, 0.25) is 0 Å². The molecule has 0 aliphatic carbocycles. The molecule has 0 saturated heterocycles. The second-order valence-corrected chi connectivity index (χ2v) is 5.66. The molecule has 1 heterocycles. The molecule has 24 heavy (non-hydrogen) atoms. The lowest BCUT2D eigenvalue weighted by Gasteiger charge is -2.11. The monoisotopic (exact) mass is 312 g/mol.